The lowest BCUT2D eigenvalue weighted by atomic mass is 10.1. The first kappa shape index (κ1) is 24.1. The van der Waals surface area contributed by atoms with Gasteiger partial charge >= 0.3 is 6.18 Å². The zero-order chi connectivity index (χ0) is 25.0. The Morgan fingerprint density at radius 3 is 2.50 bits per heavy atom. The molecule has 0 aliphatic heterocycles. The fraction of sp³-hybridized carbons (Fsp3) is 0.143. The van der Waals surface area contributed by atoms with Crippen LogP contribution in [0.1, 0.15) is 16.7 Å². The van der Waals surface area contributed by atoms with Gasteiger partial charge in [-0.15, -0.1) is 4.80 Å². The van der Waals surface area contributed by atoms with Gasteiger partial charge < -0.3 is 11.1 Å². The lowest BCUT2D eigenvalue weighted by Gasteiger charge is -2.15. The number of rotatable bonds is 5. The van der Waals surface area contributed by atoms with E-state index in [1.807, 2.05) is 6.07 Å². The average molecular weight is 472 g/mol. The number of nitrogens with two attached hydrogens (primary N) is 1. The summed E-state index contributed by atoms with van der Waals surface area (Å²) in [4.78, 5) is 21.3. The Balaban J connectivity index is 1.97. The SMILES string of the molecule is Cc1c(F)ccc(N=C(/C(=C\N)C(=O)Nc2cnc(-n3nccn3)c(C#N)c2)C(F)(F)F)c1C. The molecule has 3 aromatic rings. The molecule has 2 aromatic heterocycles. The van der Waals surface area contributed by atoms with Crippen molar-refractivity contribution in [1.29, 1.82) is 5.26 Å². The van der Waals surface area contributed by atoms with Gasteiger partial charge in [0.2, 0.25) is 0 Å². The average Bonchev–Trinajstić information content (AvgIpc) is 3.32. The highest BCUT2D eigenvalue weighted by Gasteiger charge is 2.40. The van der Waals surface area contributed by atoms with Gasteiger partial charge in [0.1, 0.15) is 17.4 Å². The molecule has 0 saturated carbocycles. The van der Waals surface area contributed by atoms with E-state index in [0.29, 0.717) is 6.20 Å². The first-order chi connectivity index (χ1) is 16.1. The van der Waals surface area contributed by atoms with E-state index in [9.17, 15) is 27.6 Å². The van der Waals surface area contributed by atoms with Crippen LogP contribution < -0.4 is 11.1 Å². The van der Waals surface area contributed by atoms with E-state index >= 15 is 0 Å². The molecule has 0 saturated heterocycles. The largest absolute Gasteiger partial charge is 0.434 e. The highest BCUT2D eigenvalue weighted by atomic mass is 19.4. The maximum Gasteiger partial charge on any atom is 0.434 e. The monoisotopic (exact) mass is 472 g/mol. The van der Waals surface area contributed by atoms with Crippen molar-refractivity contribution >= 4 is 23.0 Å². The summed E-state index contributed by atoms with van der Waals surface area (Å²) in [6, 6.07) is 5.09. The number of amides is 1. The Morgan fingerprint density at radius 2 is 1.91 bits per heavy atom. The molecule has 3 rings (SSSR count). The molecule has 0 spiro atoms. The number of aliphatic imine (C=N–C) groups is 1. The first-order valence-electron chi connectivity index (χ1n) is 9.48. The number of nitrogens with one attached hydrogen (secondary N) is 1. The Morgan fingerprint density at radius 1 is 1.24 bits per heavy atom. The molecule has 0 aliphatic carbocycles. The van der Waals surface area contributed by atoms with Crippen molar-refractivity contribution in [1.82, 2.24) is 20.0 Å². The first-order valence-corrected chi connectivity index (χ1v) is 9.48. The number of alkyl halides is 3. The lowest BCUT2D eigenvalue weighted by molar-refractivity contribution is -0.113. The minimum absolute atomic E-state index is 0.0468. The van der Waals surface area contributed by atoms with Crippen molar-refractivity contribution in [3.05, 3.63) is 71.1 Å². The van der Waals surface area contributed by atoms with Crippen molar-refractivity contribution < 1.29 is 22.4 Å². The van der Waals surface area contributed by atoms with E-state index in [0.717, 1.165) is 23.1 Å². The number of carbonyl (C=O) groups excluding carboxylic acids is 1. The van der Waals surface area contributed by atoms with Crippen molar-refractivity contribution in [2.45, 2.75) is 20.0 Å². The molecule has 0 aliphatic rings. The fourth-order valence-corrected chi connectivity index (χ4v) is 2.84. The third-order valence-electron chi connectivity index (χ3n) is 4.71. The molecular formula is C21H16F4N8O. The third-order valence-corrected chi connectivity index (χ3v) is 4.71. The number of benzene rings is 1. The number of anilines is 1. The predicted octanol–water partition coefficient (Wildman–Crippen LogP) is 3.41. The number of pyridine rings is 1. The van der Waals surface area contributed by atoms with E-state index in [-0.39, 0.29) is 33.9 Å². The van der Waals surface area contributed by atoms with E-state index < -0.39 is 29.2 Å². The van der Waals surface area contributed by atoms with Crippen LogP contribution in [0.3, 0.4) is 0 Å². The minimum Gasteiger partial charge on any atom is -0.404 e. The molecule has 2 heterocycles. The quantitative estimate of drug-likeness (QED) is 0.332. The van der Waals surface area contributed by atoms with Gasteiger partial charge in [0.05, 0.1) is 35.5 Å². The van der Waals surface area contributed by atoms with Gasteiger partial charge in [-0.1, -0.05) is 0 Å². The summed E-state index contributed by atoms with van der Waals surface area (Å²) in [5.41, 5.74) is 2.79. The molecule has 0 atom stereocenters. The minimum atomic E-state index is -5.07. The highest BCUT2D eigenvalue weighted by molar-refractivity contribution is 6.27. The molecular weight excluding hydrogens is 456 g/mol. The Kier molecular flexibility index (Phi) is 6.71. The molecule has 0 radical (unpaired) electrons. The number of nitriles is 1. The molecule has 0 fully saturated rings. The number of aromatic nitrogens is 4. The number of carbonyl (C=O) groups is 1. The zero-order valence-electron chi connectivity index (χ0n) is 17.7. The molecule has 34 heavy (non-hydrogen) atoms. The molecule has 3 N–H and O–H groups in total. The number of halogens is 4. The smallest absolute Gasteiger partial charge is 0.404 e. The molecule has 1 amide bonds. The van der Waals surface area contributed by atoms with Gasteiger partial charge in [-0.25, -0.2) is 14.4 Å². The normalized spacial score (nSPS) is 12.4. The third kappa shape index (κ3) is 4.90. The summed E-state index contributed by atoms with van der Waals surface area (Å²) < 4.78 is 55.2. The number of hydrogen-bond donors (Lipinski definition) is 2. The maximum atomic E-state index is 13.8. The second kappa shape index (κ2) is 9.49. The molecule has 0 bridgehead atoms. The van der Waals surface area contributed by atoms with E-state index in [2.05, 4.69) is 25.5 Å². The number of nitrogens with zero attached hydrogens (tertiary/aromatic N) is 6. The molecule has 9 nitrogen and oxygen atoms in total. The van der Waals surface area contributed by atoms with Crippen molar-refractivity contribution in [3.8, 4) is 11.9 Å². The molecule has 1 aromatic carbocycles. The van der Waals surface area contributed by atoms with Gasteiger partial charge in [-0.3, -0.25) is 4.79 Å². The van der Waals surface area contributed by atoms with Crippen LogP contribution in [-0.2, 0) is 4.79 Å². The van der Waals surface area contributed by atoms with Crippen molar-refractivity contribution in [2.75, 3.05) is 5.32 Å². The summed E-state index contributed by atoms with van der Waals surface area (Å²) in [7, 11) is 0. The second-order valence-corrected chi connectivity index (χ2v) is 6.83. The van der Waals surface area contributed by atoms with Gasteiger partial charge in [0, 0.05) is 6.20 Å². The van der Waals surface area contributed by atoms with Crippen LogP contribution in [-0.4, -0.2) is 37.8 Å². The van der Waals surface area contributed by atoms with Crippen molar-refractivity contribution in [2.24, 2.45) is 10.7 Å². The Labute approximate surface area is 190 Å². The topological polar surface area (TPSA) is 135 Å². The van der Waals surface area contributed by atoms with Gasteiger partial charge in [0.25, 0.3) is 5.91 Å². The standard InChI is InChI=1S/C21H16F4N8O/c1-11-12(2)17(4-3-16(11)22)32-18(21(23,24)25)15(9-27)20(34)31-14-7-13(8-26)19(28-10-14)33-29-5-6-30-33/h3-7,9-10H,27H2,1-2H3,(H,31,34)/b15-9+,32-18?. The zero-order valence-corrected chi connectivity index (χ0v) is 17.7. The number of hydrogen-bond acceptors (Lipinski definition) is 7. The van der Waals surface area contributed by atoms with Crippen LogP contribution in [0.25, 0.3) is 5.82 Å². The van der Waals surface area contributed by atoms with Crippen LogP contribution >= 0.6 is 0 Å². The predicted molar refractivity (Wildman–Crippen MR) is 114 cm³/mol. The highest BCUT2D eigenvalue weighted by Crippen LogP contribution is 2.30. The van der Waals surface area contributed by atoms with Gasteiger partial charge in [-0.2, -0.15) is 28.6 Å². The van der Waals surface area contributed by atoms with E-state index in [4.69, 9.17) is 5.73 Å². The summed E-state index contributed by atoms with van der Waals surface area (Å²) in [6.45, 7) is 2.80. The van der Waals surface area contributed by atoms with Gasteiger partial charge in [-0.05, 0) is 43.2 Å². The van der Waals surface area contributed by atoms with E-state index in [1.165, 1.54) is 32.3 Å². The Bertz CT molecular complexity index is 1340. The summed E-state index contributed by atoms with van der Waals surface area (Å²) in [5.74, 6) is -1.79. The molecule has 0 unspecified atom stereocenters. The summed E-state index contributed by atoms with van der Waals surface area (Å²) in [5, 5.41) is 19.3. The van der Waals surface area contributed by atoms with Gasteiger partial charge in [0.15, 0.2) is 11.5 Å². The van der Waals surface area contributed by atoms with Crippen LogP contribution in [0, 0.1) is 31.0 Å². The fourth-order valence-electron chi connectivity index (χ4n) is 2.84. The Hall–Kier alpha value is -4.60. The van der Waals surface area contributed by atoms with Crippen molar-refractivity contribution in [3.63, 3.8) is 0 Å². The second-order valence-electron chi connectivity index (χ2n) is 6.83. The molecule has 174 valence electrons. The van der Waals surface area contributed by atoms with Crippen LogP contribution in [0.4, 0.5) is 28.9 Å². The maximum absolute atomic E-state index is 13.8. The summed E-state index contributed by atoms with van der Waals surface area (Å²) >= 11 is 0. The van der Waals surface area contributed by atoms with Crippen LogP contribution in [0.2, 0.25) is 0 Å². The van der Waals surface area contributed by atoms with Crippen LogP contribution in [0.5, 0.6) is 0 Å². The summed E-state index contributed by atoms with van der Waals surface area (Å²) in [6.07, 6.45) is -0.765. The van der Waals surface area contributed by atoms with Crippen LogP contribution in [0.15, 0.2) is 53.6 Å². The van der Waals surface area contributed by atoms with E-state index in [1.54, 1.807) is 0 Å². The lowest BCUT2D eigenvalue weighted by Crippen LogP contribution is -2.32. The molecule has 13 heteroatoms.